The minimum atomic E-state index is -0.250. The fourth-order valence-electron chi connectivity index (χ4n) is 2.39. The maximum absolute atomic E-state index is 12.5. The Labute approximate surface area is 149 Å². The molecule has 126 valence electrons. The maximum atomic E-state index is 12.5. The van der Waals surface area contributed by atoms with Crippen LogP contribution in [-0.2, 0) is 4.79 Å². The first-order valence-electron chi connectivity index (χ1n) is 7.86. The second-order valence-electron chi connectivity index (χ2n) is 5.96. The molecule has 1 aromatic carbocycles. The number of carbonyl (C=O) groups is 2. The van der Waals surface area contributed by atoms with Gasteiger partial charge in [0.05, 0.1) is 5.25 Å². The molecule has 0 spiro atoms. The Morgan fingerprint density at radius 2 is 1.92 bits per heavy atom. The summed E-state index contributed by atoms with van der Waals surface area (Å²) in [6.45, 7) is 5.42. The van der Waals surface area contributed by atoms with Crippen molar-refractivity contribution in [1.82, 2.24) is 10.2 Å². The van der Waals surface area contributed by atoms with Gasteiger partial charge < -0.3 is 0 Å². The van der Waals surface area contributed by atoms with Crippen molar-refractivity contribution < 1.29 is 9.59 Å². The molecule has 0 bridgehead atoms. The SMILES string of the molecule is CC(=O)N(c1nnc(SC(C)C(=O)c2ccc(C)cc2)s1)C1CC1. The number of hydrogen-bond donors (Lipinski definition) is 0. The van der Waals surface area contributed by atoms with Crippen LogP contribution in [0.3, 0.4) is 0 Å². The lowest BCUT2D eigenvalue weighted by Crippen LogP contribution is -2.30. The summed E-state index contributed by atoms with van der Waals surface area (Å²) in [6, 6.07) is 7.84. The van der Waals surface area contributed by atoms with Gasteiger partial charge in [-0.2, -0.15) is 0 Å². The van der Waals surface area contributed by atoms with Crippen molar-refractivity contribution in [2.45, 2.75) is 49.2 Å². The highest BCUT2D eigenvalue weighted by Crippen LogP contribution is 2.37. The Bertz CT molecular complexity index is 753. The predicted octanol–water partition coefficient (Wildman–Crippen LogP) is 3.73. The average molecular weight is 361 g/mol. The van der Waals surface area contributed by atoms with Crippen LogP contribution in [0, 0.1) is 6.92 Å². The third-order valence-electron chi connectivity index (χ3n) is 3.84. The highest BCUT2D eigenvalue weighted by molar-refractivity contribution is 8.02. The molecule has 0 saturated heterocycles. The molecule has 1 aliphatic rings. The summed E-state index contributed by atoms with van der Waals surface area (Å²) in [5.41, 5.74) is 1.83. The van der Waals surface area contributed by atoms with Crippen LogP contribution in [0.25, 0.3) is 0 Å². The van der Waals surface area contributed by atoms with Gasteiger partial charge in [-0.3, -0.25) is 14.5 Å². The standard InChI is InChI=1S/C17H19N3O2S2/c1-10-4-6-13(7-5-10)15(22)11(2)23-17-19-18-16(24-17)20(12(3)21)14-8-9-14/h4-7,11,14H,8-9H2,1-3H3. The van der Waals surface area contributed by atoms with Gasteiger partial charge in [-0.15, -0.1) is 10.2 Å². The minimum absolute atomic E-state index is 0.00557. The first kappa shape index (κ1) is 17.1. The number of aryl methyl sites for hydroxylation is 1. The monoisotopic (exact) mass is 361 g/mol. The van der Waals surface area contributed by atoms with E-state index in [1.54, 1.807) is 11.8 Å². The van der Waals surface area contributed by atoms with Crippen molar-refractivity contribution in [3.8, 4) is 0 Å². The molecule has 0 aliphatic heterocycles. The number of thioether (sulfide) groups is 1. The van der Waals surface area contributed by atoms with Crippen LogP contribution in [0.4, 0.5) is 5.13 Å². The Kier molecular flexibility index (Phi) is 5.01. The second kappa shape index (κ2) is 7.03. The third-order valence-corrected chi connectivity index (χ3v) is 5.94. The van der Waals surface area contributed by atoms with Gasteiger partial charge in [-0.1, -0.05) is 52.9 Å². The molecule has 1 unspecified atom stereocenters. The fraction of sp³-hybridized carbons (Fsp3) is 0.412. The van der Waals surface area contributed by atoms with Crippen LogP contribution >= 0.6 is 23.1 Å². The van der Waals surface area contributed by atoms with Crippen molar-refractivity contribution in [3.63, 3.8) is 0 Å². The van der Waals surface area contributed by atoms with Gasteiger partial charge >= 0.3 is 0 Å². The summed E-state index contributed by atoms with van der Waals surface area (Å²) in [4.78, 5) is 26.0. The number of anilines is 1. The average Bonchev–Trinajstić information content (AvgIpc) is 3.26. The summed E-state index contributed by atoms with van der Waals surface area (Å²) < 4.78 is 0.713. The van der Waals surface area contributed by atoms with Crippen LogP contribution in [0.5, 0.6) is 0 Å². The van der Waals surface area contributed by atoms with Crippen molar-refractivity contribution in [1.29, 1.82) is 0 Å². The van der Waals surface area contributed by atoms with E-state index in [9.17, 15) is 9.59 Å². The zero-order valence-corrected chi connectivity index (χ0v) is 15.5. The van der Waals surface area contributed by atoms with Gasteiger partial charge in [-0.25, -0.2) is 0 Å². The van der Waals surface area contributed by atoms with Crippen molar-refractivity contribution in [3.05, 3.63) is 35.4 Å². The molecule has 0 N–H and O–H groups in total. The Hall–Kier alpha value is -1.73. The molecule has 3 rings (SSSR count). The normalized spacial score (nSPS) is 15.1. The van der Waals surface area contributed by atoms with Crippen molar-refractivity contribution >= 4 is 39.9 Å². The Balaban J connectivity index is 1.68. The van der Waals surface area contributed by atoms with Gasteiger partial charge in [0.2, 0.25) is 11.0 Å². The van der Waals surface area contributed by atoms with Crippen LogP contribution < -0.4 is 4.90 Å². The quantitative estimate of drug-likeness (QED) is 0.446. The van der Waals surface area contributed by atoms with Gasteiger partial charge in [0.15, 0.2) is 10.1 Å². The number of aromatic nitrogens is 2. The number of Topliss-reactive ketones (excluding diaryl/α,β-unsaturated/α-hetero) is 1. The van der Waals surface area contributed by atoms with E-state index in [1.165, 1.54) is 23.1 Å². The molecule has 1 atom stereocenters. The number of carbonyl (C=O) groups excluding carboxylic acids is 2. The van der Waals surface area contributed by atoms with Crippen molar-refractivity contribution in [2.75, 3.05) is 4.90 Å². The lowest BCUT2D eigenvalue weighted by Gasteiger charge is -2.15. The summed E-state index contributed by atoms with van der Waals surface area (Å²) in [5.74, 6) is 0.0661. The van der Waals surface area contributed by atoms with E-state index in [-0.39, 0.29) is 23.0 Å². The highest BCUT2D eigenvalue weighted by Gasteiger charge is 2.34. The molecule has 1 aromatic heterocycles. The van der Waals surface area contributed by atoms with Crippen molar-refractivity contribution in [2.24, 2.45) is 0 Å². The molecule has 7 heteroatoms. The van der Waals surface area contributed by atoms with Gasteiger partial charge in [0.25, 0.3) is 0 Å². The number of ketones is 1. The number of amides is 1. The minimum Gasteiger partial charge on any atom is -0.293 e. The van der Waals surface area contributed by atoms with E-state index in [1.807, 2.05) is 38.1 Å². The van der Waals surface area contributed by atoms with E-state index in [4.69, 9.17) is 0 Å². The molecule has 2 aromatic rings. The van der Waals surface area contributed by atoms with Crippen LogP contribution in [0.15, 0.2) is 28.6 Å². The number of nitrogens with zero attached hydrogens (tertiary/aromatic N) is 3. The number of benzene rings is 1. The van der Waals surface area contributed by atoms with E-state index >= 15 is 0 Å². The molecule has 1 fully saturated rings. The zero-order chi connectivity index (χ0) is 17.3. The summed E-state index contributed by atoms with van der Waals surface area (Å²) in [5, 5.41) is 8.66. The van der Waals surface area contributed by atoms with E-state index in [0.29, 0.717) is 15.0 Å². The highest BCUT2D eigenvalue weighted by atomic mass is 32.2. The Morgan fingerprint density at radius 1 is 1.25 bits per heavy atom. The summed E-state index contributed by atoms with van der Waals surface area (Å²) >= 11 is 2.76. The van der Waals surface area contributed by atoms with E-state index in [2.05, 4.69) is 10.2 Å². The molecule has 1 amide bonds. The van der Waals surface area contributed by atoms with E-state index in [0.717, 1.165) is 18.4 Å². The van der Waals surface area contributed by atoms with Crippen LogP contribution in [0.2, 0.25) is 0 Å². The molecular weight excluding hydrogens is 342 g/mol. The van der Waals surface area contributed by atoms with E-state index < -0.39 is 0 Å². The molecular formula is C17H19N3O2S2. The van der Waals surface area contributed by atoms with Gasteiger partial charge in [-0.05, 0) is 26.7 Å². The first-order chi connectivity index (χ1) is 11.5. The lowest BCUT2D eigenvalue weighted by molar-refractivity contribution is -0.116. The molecule has 1 heterocycles. The summed E-state index contributed by atoms with van der Waals surface area (Å²) in [7, 11) is 0. The fourth-order valence-corrected chi connectivity index (χ4v) is 4.56. The first-order valence-corrected chi connectivity index (χ1v) is 9.56. The second-order valence-corrected chi connectivity index (χ2v) is 8.50. The van der Waals surface area contributed by atoms with Gasteiger partial charge in [0.1, 0.15) is 0 Å². The summed E-state index contributed by atoms with van der Waals surface area (Å²) in [6.07, 6.45) is 2.04. The zero-order valence-electron chi connectivity index (χ0n) is 13.9. The topological polar surface area (TPSA) is 63.2 Å². The third kappa shape index (κ3) is 3.84. The number of rotatable bonds is 6. The molecule has 1 aliphatic carbocycles. The predicted molar refractivity (Wildman–Crippen MR) is 96.9 cm³/mol. The smallest absolute Gasteiger partial charge is 0.225 e. The Morgan fingerprint density at radius 3 is 2.50 bits per heavy atom. The largest absolute Gasteiger partial charge is 0.293 e. The van der Waals surface area contributed by atoms with Gasteiger partial charge in [0, 0.05) is 18.5 Å². The molecule has 1 saturated carbocycles. The molecule has 0 radical (unpaired) electrons. The molecule has 5 nitrogen and oxygen atoms in total. The van der Waals surface area contributed by atoms with Crippen LogP contribution in [0.1, 0.15) is 42.6 Å². The number of hydrogen-bond acceptors (Lipinski definition) is 6. The lowest BCUT2D eigenvalue weighted by atomic mass is 10.1. The van der Waals surface area contributed by atoms with Crippen LogP contribution in [-0.4, -0.2) is 33.2 Å². The molecule has 24 heavy (non-hydrogen) atoms. The maximum Gasteiger partial charge on any atom is 0.225 e.